The van der Waals surface area contributed by atoms with E-state index in [9.17, 15) is 9.59 Å². The Balaban J connectivity index is 0.00000267. The number of anilines is 1. The second-order valence-corrected chi connectivity index (χ2v) is 9.71. The van der Waals surface area contributed by atoms with Crippen LogP contribution in [0.3, 0.4) is 0 Å². The predicted molar refractivity (Wildman–Crippen MR) is 163 cm³/mol. The molecule has 0 fully saturated rings. The van der Waals surface area contributed by atoms with E-state index in [4.69, 9.17) is 0 Å². The van der Waals surface area contributed by atoms with Crippen LogP contribution in [0.2, 0.25) is 0 Å². The van der Waals surface area contributed by atoms with Gasteiger partial charge in [0, 0.05) is 50.5 Å². The van der Waals surface area contributed by atoms with Crippen LogP contribution in [0.1, 0.15) is 25.0 Å². The summed E-state index contributed by atoms with van der Waals surface area (Å²) >= 11 is 0. The van der Waals surface area contributed by atoms with Crippen LogP contribution < -0.4 is 15.5 Å². The van der Waals surface area contributed by atoms with E-state index in [1.165, 1.54) is 11.1 Å². The van der Waals surface area contributed by atoms with Crippen LogP contribution in [-0.4, -0.2) is 61.1 Å². The van der Waals surface area contributed by atoms with E-state index in [0.717, 1.165) is 16.8 Å². The van der Waals surface area contributed by atoms with Crippen molar-refractivity contribution in [3.8, 4) is 11.1 Å². The second-order valence-electron chi connectivity index (χ2n) is 9.71. The van der Waals surface area contributed by atoms with E-state index in [0.29, 0.717) is 32.2 Å². The third-order valence-corrected chi connectivity index (χ3v) is 6.60. The molecule has 0 aliphatic carbocycles. The molecular weight excluding hydrogens is 533 g/mol. The zero-order valence-corrected chi connectivity index (χ0v) is 24.4. The number of para-hydroxylation sites is 1. The fraction of sp³-hybridized carbons (Fsp3) is 0.333. The van der Waals surface area contributed by atoms with Gasteiger partial charge in [-0.2, -0.15) is 0 Å². The number of carbonyl (C=O) groups is 2. The monoisotopic (exact) mass is 571 g/mol. The highest BCUT2D eigenvalue weighted by molar-refractivity contribution is 5.89. The molecule has 0 bridgehead atoms. The number of halogens is 2. The van der Waals surface area contributed by atoms with Crippen LogP contribution in [0.4, 0.5) is 5.69 Å². The lowest BCUT2D eigenvalue weighted by molar-refractivity contribution is -0.145. The lowest BCUT2D eigenvalue weighted by Gasteiger charge is -2.32. The maximum atomic E-state index is 13.5. The Morgan fingerprint density at radius 2 is 1.41 bits per heavy atom. The molecule has 7 nitrogen and oxygen atoms in total. The zero-order valence-electron chi connectivity index (χ0n) is 22.8. The van der Waals surface area contributed by atoms with Crippen molar-refractivity contribution in [1.82, 2.24) is 20.7 Å². The molecule has 4 rings (SSSR count). The van der Waals surface area contributed by atoms with Gasteiger partial charge in [-0.25, -0.2) is 5.01 Å². The minimum absolute atomic E-state index is 0. The topological polar surface area (TPSA) is 67.9 Å². The highest BCUT2D eigenvalue weighted by Gasteiger charge is 2.27. The van der Waals surface area contributed by atoms with Crippen LogP contribution in [0.15, 0.2) is 78.9 Å². The number of hydrazine groups is 1. The van der Waals surface area contributed by atoms with Crippen LogP contribution >= 0.6 is 24.8 Å². The summed E-state index contributed by atoms with van der Waals surface area (Å²) in [5.41, 5.74) is 5.36. The molecule has 3 aromatic carbocycles. The summed E-state index contributed by atoms with van der Waals surface area (Å²) in [7, 11) is 1.81. The third-order valence-electron chi connectivity index (χ3n) is 6.60. The van der Waals surface area contributed by atoms with Crippen molar-refractivity contribution in [2.24, 2.45) is 0 Å². The van der Waals surface area contributed by atoms with Gasteiger partial charge in [0.2, 0.25) is 5.91 Å². The third kappa shape index (κ3) is 8.70. The van der Waals surface area contributed by atoms with E-state index >= 15 is 0 Å². The van der Waals surface area contributed by atoms with Crippen molar-refractivity contribution in [3.63, 3.8) is 0 Å². The smallest absolute Gasteiger partial charge is 0.256 e. The number of amides is 2. The zero-order chi connectivity index (χ0) is 26.2. The Kier molecular flexibility index (Phi) is 12.7. The van der Waals surface area contributed by atoms with Crippen molar-refractivity contribution >= 4 is 42.3 Å². The van der Waals surface area contributed by atoms with E-state index in [2.05, 4.69) is 36.6 Å². The average molecular weight is 573 g/mol. The summed E-state index contributed by atoms with van der Waals surface area (Å²) in [6.07, 6.45) is 0. The molecule has 3 aromatic rings. The minimum Gasteiger partial charge on any atom is -0.353 e. The van der Waals surface area contributed by atoms with Crippen LogP contribution in [0.5, 0.6) is 0 Å². The molecule has 0 saturated carbocycles. The van der Waals surface area contributed by atoms with Gasteiger partial charge in [0.25, 0.3) is 5.91 Å². The van der Waals surface area contributed by atoms with Gasteiger partial charge in [-0.3, -0.25) is 14.6 Å². The molecule has 2 amide bonds. The van der Waals surface area contributed by atoms with E-state index in [1.54, 1.807) is 5.01 Å². The van der Waals surface area contributed by atoms with Gasteiger partial charge in [0.1, 0.15) is 0 Å². The first-order valence-corrected chi connectivity index (χ1v) is 12.9. The fourth-order valence-electron chi connectivity index (χ4n) is 4.58. The van der Waals surface area contributed by atoms with Crippen molar-refractivity contribution in [3.05, 3.63) is 90.0 Å². The Morgan fingerprint density at radius 1 is 0.821 bits per heavy atom. The van der Waals surface area contributed by atoms with Crippen LogP contribution in [0.25, 0.3) is 11.1 Å². The van der Waals surface area contributed by atoms with Gasteiger partial charge >= 0.3 is 0 Å². The number of hydrogen-bond acceptors (Lipinski definition) is 5. The van der Waals surface area contributed by atoms with Gasteiger partial charge in [-0.1, -0.05) is 86.6 Å². The largest absolute Gasteiger partial charge is 0.353 e. The highest BCUT2D eigenvalue weighted by atomic mass is 35.5. The Hall–Kier alpha value is -3.10. The Morgan fingerprint density at radius 3 is 2.05 bits per heavy atom. The Bertz CT molecular complexity index is 1180. The van der Waals surface area contributed by atoms with Gasteiger partial charge < -0.3 is 15.5 Å². The first kappa shape index (κ1) is 32.1. The number of likely N-dealkylation sites (N-methyl/N-ethyl adjacent to an activating group) is 1. The molecule has 0 unspecified atom stereocenters. The molecule has 210 valence electrons. The van der Waals surface area contributed by atoms with Gasteiger partial charge in [0.15, 0.2) is 0 Å². The highest BCUT2D eigenvalue weighted by Crippen LogP contribution is 2.31. The molecule has 2 N–H and O–H groups in total. The number of nitrogens with zero attached hydrogens (tertiary/aromatic N) is 3. The quantitative estimate of drug-likeness (QED) is 0.331. The summed E-state index contributed by atoms with van der Waals surface area (Å²) in [4.78, 5) is 28.4. The molecule has 39 heavy (non-hydrogen) atoms. The maximum Gasteiger partial charge on any atom is 0.256 e. The SMILES string of the molecule is CC(C)NCCNC(=O)CN(CC(=O)N(C)N1Cc2ccccc2C1)c1ccccc1-c1ccccc1.Cl.Cl. The first-order valence-electron chi connectivity index (χ1n) is 12.9. The van der Waals surface area contributed by atoms with Crippen molar-refractivity contribution in [1.29, 1.82) is 0 Å². The first-order chi connectivity index (χ1) is 17.9. The molecule has 1 heterocycles. The summed E-state index contributed by atoms with van der Waals surface area (Å²) in [5, 5.41) is 10.0. The molecule has 0 atom stereocenters. The number of hydrogen-bond donors (Lipinski definition) is 2. The van der Waals surface area contributed by atoms with Gasteiger partial charge in [-0.05, 0) is 22.8 Å². The molecule has 1 aliphatic rings. The molecule has 1 aliphatic heterocycles. The van der Waals surface area contributed by atoms with E-state index in [-0.39, 0.29) is 49.7 Å². The van der Waals surface area contributed by atoms with Crippen molar-refractivity contribution in [2.45, 2.75) is 33.0 Å². The maximum absolute atomic E-state index is 13.5. The molecule has 9 heteroatoms. The molecule has 0 spiro atoms. The van der Waals surface area contributed by atoms with Crippen molar-refractivity contribution in [2.75, 3.05) is 38.1 Å². The van der Waals surface area contributed by atoms with Gasteiger partial charge in [-0.15, -0.1) is 24.8 Å². The lowest BCUT2D eigenvalue weighted by Crippen LogP contribution is -2.48. The molecular formula is C30H39Cl2N5O2. The van der Waals surface area contributed by atoms with Crippen molar-refractivity contribution < 1.29 is 9.59 Å². The number of fused-ring (bicyclic) bond motifs is 1. The molecule has 0 aromatic heterocycles. The second kappa shape index (κ2) is 15.5. The average Bonchev–Trinajstić information content (AvgIpc) is 3.35. The van der Waals surface area contributed by atoms with E-state index < -0.39 is 0 Å². The van der Waals surface area contributed by atoms with Crippen LogP contribution in [-0.2, 0) is 22.7 Å². The summed E-state index contributed by atoms with van der Waals surface area (Å²) in [6, 6.07) is 26.6. The van der Waals surface area contributed by atoms with Crippen LogP contribution in [0, 0.1) is 0 Å². The molecule has 0 saturated heterocycles. The Labute approximate surface area is 244 Å². The normalized spacial score (nSPS) is 12.2. The van der Waals surface area contributed by atoms with E-state index in [1.807, 2.05) is 83.7 Å². The summed E-state index contributed by atoms with van der Waals surface area (Å²) in [5.74, 6) is -0.178. The number of carbonyl (C=O) groups excluding carboxylic acids is 2. The summed E-state index contributed by atoms with van der Waals surface area (Å²) in [6.45, 7) is 6.95. The standard InChI is InChI=1S/C30H37N5O2.2ClH/c1-23(2)31-17-18-32-29(36)21-34(28-16-10-9-15-27(28)24-11-5-4-6-12-24)22-30(37)33(3)35-19-25-13-7-8-14-26(25)20-35;;/h4-16,23,31H,17-22H2,1-3H3,(H,32,36);2*1H. The minimum atomic E-state index is -0.113. The predicted octanol–water partition coefficient (Wildman–Crippen LogP) is 4.51. The fourth-order valence-corrected chi connectivity index (χ4v) is 4.58. The number of nitrogens with one attached hydrogen (secondary N) is 2. The number of benzene rings is 3. The number of rotatable bonds is 11. The molecule has 0 radical (unpaired) electrons. The van der Waals surface area contributed by atoms with Gasteiger partial charge in [0.05, 0.1) is 13.1 Å². The lowest BCUT2D eigenvalue weighted by atomic mass is 10.0. The summed E-state index contributed by atoms with van der Waals surface area (Å²) < 4.78 is 0.